The first-order valence-electron chi connectivity index (χ1n) is 4.02. The van der Waals surface area contributed by atoms with Crippen molar-refractivity contribution in [1.82, 2.24) is 4.98 Å². The molecule has 0 aliphatic heterocycles. The third-order valence-corrected chi connectivity index (χ3v) is 2.04. The number of hydrogen-bond donors (Lipinski definition) is 0. The van der Waals surface area contributed by atoms with Crippen LogP contribution in [0.1, 0.15) is 0 Å². The molecule has 2 aromatic heterocycles. The maximum Gasteiger partial charge on any atom is 0.295 e. The van der Waals surface area contributed by atoms with Gasteiger partial charge >= 0.3 is 0 Å². The van der Waals surface area contributed by atoms with E-state index in [0.717, 1.165) is 0 Å². The predicted molar refractivity (Wildman–Crippen MR) is 53.6 cm³/mol. The first-order valence-corrected chi connectivity index (χ1v) is 4.40. The number of furan rings is 1. The Balaban J connectivity index is 2.63. The maximum atomic E-state index is 10.7. The molecule has 15 heavy (non-hydrogen) atoms. The van der Waals surface area contributed by atoms with Gasteiger partial charge in [0.2, 0.25) is 0 Å². The Morgan fingerprint density at radius 3 is 2.80 bits per heavy atom. The van der Waals surface area contributed by atoms with E-state index in [1.165, 1.54) is 24.7 Å². The smallest absolute Gasteiger partial charge is 0.295 e. The Labute approximate surface area is 89.5 Å². The minimum atomic E-state index is -0.508. The van der Waals surface area contributed by atoms with Crippen molar-refractivity contribution in [3.05, 3.63) is 46.0 Å². The van der Waals surface area contributed by atoms with E-state index in [4.69, 9.17) is 16.0 Å². The summed E-state index contributed by atoms with van der Waals surface area (Å²) in [6.07, 6.45) is 2.80. The Morgan fingerprint density at radius 1 is 1.40 bits per heavy atom. The average molecular weight is 225 g/mol. The Kier molecular flexibility index (Phi) is 2.39. The molecule has 0 N–H and O–H groups in total. The number of nitrogens with zero attached hydrogens (tertiary/aromatic N) is 2. The van der Waals surface area contributed by atoms with E-state index in [1.54, 1.807) is 6.07 Å². The van der Waals surface area contributed by atoms with Gasteiger partial charge in [-0.3, -0.25) is 10.1 Å². The van der Waals surface area contributed by atoms with Crippen molar-refractivity contribution >= 4 is 17.3 Å². The molecule has 2 aromatic rings. The highest BCUT2D eigenvalue weighted by Crippen LogP contribution is 2.29. The van der Waals surface area contributed by atoms with Crippen LogP contribution in [0.5, 0.6) is 0 Å². The molecule has 76 valence electrons. The number of rotatable bonds is 2. The summed E-state index contributed by atoms with van der Waals surface area (Å²) in [5.41, 5.74) is 0.645. The molecule has 0 fully saturated rings. The highest BCUT2D eigenvalue weighted by atomic mass is 35.5. The van der Waals surface area contributed by atoms with E-state index in [2.05, 4.69) is 4.98 Å². The molecule has 2 heterocycles. The van der Waals surface area contributed by atoms with Gasteiger partial charge in [-0.25, -0.2) is 4.98 Å². The quantitative estimate of drug-likeness (QED) is 0.447. The second kappa shape index (κ2) is 3.70. The van der Waals surface area contributed by atoms with Gasteiger partial charge in [0.25, 0.3) is 5.69 Å². The molecule has 2 rings (SSSR count). The Hall–Kier alpha value is -1.88. The number of aromatic nitrogens is 1. The van der Waals surface area contributed by atoms with Crippen molar-refractivity contribution in [2.45, 2.75) is 0 Å². The van der Waals surface area contributed by atoms with Crippen LogP contribution >= 0.6 is 11.6 Å². The van der Waals surface area contributed by atoms with E-state index >= 15 is 0 Å². The third-order valence-electron chi connectivity index (χ3n) is 1.83. The van der Waals surface area contributed by atoms with Crippen LogP contribution in [0.4, 0.5) is 5.69 Å². The predicted octanol–water partition coefficient (Wildman–Crippen LogP) is 2.90. The molecule has 0 amide bonds. The fourth-order valence-electron chi connectivity index (χ4n) is 1.19. The van der Waals surface area contributed by atoms with E-state index in [9.17, 15) is 10.1 Å². The standard InChI is InChI=1S/C9H5ClN2O3/c10-8-2-1-7(12(13)14)9(11-8)6-3-4-15-5-6/h1-5H. The lowest BCUT2D eigenvalue weighted by atomic mass is 10.2. The molecule has 0 saturated heterocycles. The maximum absolute atomic E-state index is 10.7. The minimum Gasteiger partial charge on any atom is -0.472 e. The molecule has 0 aromatic carbocycles. The van der Waals surface area contributed by atoms with Gasteiger partial charge in [-0.05, 0) is 12.1 Å². The van der Waals surface area contributed by atoms with Gasteiger partial charge in [-0.15, -0.1) is 0 Å². The fourth-order valence-corrected chi connectivity index (χ4v) is 1.33. The monoisotopic (exact) mass is 224 g/mol. The number of hydrogen-bond acceptors (Lipinski definition) is 4. The largest absolute Gasteiger partial charge is 0.472 e. The number of nitro groups is 1. The molecule has 0 saturated carbocycles. The van der Waals surface area contributed by atoms with Crippen molar-refractivity contribution in [1.29, 1.82) is 0 Å². The summed E-state index contributed by atoms with van der Waals surface area (Å²) in [6.45, 7) is 0. The second-order valence-electron chi connectivity index (χ2n) is 2.77. The summed E-state index contributed by atoms with van der Waals surface area (Å²) in [7, 11) is 0. The zero-order chi connectivity index (χ0) is 10.8. The molecule has 0 aliphatic carbocycles. The van der Waals surface area contributed by atoms with E-state index < -0.39 is 4.92 Å². The summed E-state index contributed by atoms with van der Waals surface area (Å²) in [5.74, 6) is 0. The molecule has 6 heteroatoms. The van der Waals surface area contributed by atoms with Gasteiger partial charge < -0.3 is 4.42 Å². The van der Waals surface area contributed by atoms with Crippen LogP contribution in [0.2, 0.25) is 5.15 Å². The lowest BCUT2D eigenvalue weighted by Crippen LogP contribution is -1.93. The first-order chi connectivity index (χ1) is 7.18. The average Bonchev–Trinajstić information content (AvgIpc) is 2.69. The van der Waals surface area contributed by atoms with Gasteiger partial charge in [0.15, 0.2) is 5.69 Å². The number of halogens is 1. The molecular formula is C9H5ClN2O3. The normalized spacial score (nSPS) is 10.2. The van der Waals surface area contributed by atoms with Gasteiger partial charge in [0.1, 0.15) is 5.15 Å². The topological polar surface area (TPSA) is 69.2 Å². The van der Waals surface area contributed by atoms with E-state index in [0.29, 0.717) is 5.56 Å². The Morgan fingerprint density at radius 2 is 2.20 bits per heavy atom. The second-order valence-corrected chi connectivity index (χ2v) is 3.16. The molecule has 0 radical (unpaired) electrons. The van der Waals surface area contributed by atoms with E-state index in [-0.39, 0.29) is 16.5 Å². The van der Waals surface area contributed by atoms with Crippen LogP contribution in [-0.4, -0.2) is 9.91 Å². The molecule has 0 unspecified atom stereocenters. The fraction of sp³-hybridized carbons (Fsp3) is 0. The zero-order valence-corrected chi connectivity index (χ0v) is 8.14. The summed E-state index contributed by atoms with van der Waals surface area (Å²) < 4.78 is 4.84. The summed E-state index contributed by atoms with van der Waals surface area (Å²) in [5, 5.41) is 10.9. The highest BCUT2D eigenvalue weighted by Gasteiger charge is 2.17. The SMILES string of the molecule is O=[N+]([O-])c1ccc(Cl)nc1-c1ccoc1. The van der Waals surface area contributed by atoms with Gasteiger partial charge in [0.05, 0.1) is 17.4 Å². The van der Waals surface area contributed by atoms with Gasteiger partial charge in [-0.2, -0.15) is 0 Å². The molecule has 5 nitrogen and oxygen atoms in total. The molecule has 0 bridgehead atoms. The van der Waals surface area contributed by atoms with Crippen molar-refractivity contribution < 1.29 is 9.34 Å². The molecule has 0 aliphatic rings. The van der Waals surface area contributed by atoms with Crippen LogP contribution in [-0.2, 0) is 0 Å². The lowest BCUT2D eigenvalue weighted by Gasteiger charge is -1.98. The van der Waals surface area contributed by atoms with Crippen LogP contribution < -0.4 is 0 Å². The lowest BCUT2D eigenvalue weighted by molar-refractivity contribution is -0.384. The van der Waals surface area contributed by atoms with Gasteiger partial charge in [-0.1, -0.05) is 11.6 Å². The minimum absolute atomic E-state index is 0.0965. The van der Waals surface area contributed by atoms with Crippen molar-refractivity contribution in [3.8, 4) is 11.3 Å². The number of pyridine rings is 1. The highest BCUT2D eigenvalue weighted by molar-refractivity contribution is 6.29. The van der Waals surface area contributed by atoms with Crippen LogP contribution in [0.25, 0.3) is 11.3 Å². The zero-order valence-electron chi connectivity index (χ0n) is 7.38. The third kappa shape index (κ3) is 1.82. The molecular weight excluding hydrogens is 220 g/mol. The summed E-state index contributed by atoms with van der Waals surface area (Å²) >= 11 is 5.67. The molecule has 0 atom stereocenters. The van der Waals surface area contributed by atoms with E-state index in [1.807, 2.05) is 0 Å². The van der Waals surface area contributed by atoms with Crippen LogP contribution in [0.15, 0.2) is 35.1 Å². The van der Waals surface area contributed by atoms with Crippen molar-refractivity contribution in [3.63, 3.8) is 0 Å². The Bertz CT molecular complexity index is 496. The summed E-state index contributed by atoms with van der Waals surface area (Å²) in [4.78, 5) is 14.1. The van der Waals surface area contributed by atoms with Crippen molar-refractivity contribution in [2.24, 2.45) is 0 Å². The first kappa shape index (κ1) is 9.67. The van der Waals surface area contributed by atoms with Crippen LogP contribution in [0, 0.1) is 10.1 Å². The summed E-state index contributed by atoms with van der Waals surface area (Å²) in [6, 6.07) is 4.28. The molecule has 0 spiro atoms. The van der Waals surface area contributed by atoms with Crippen molar-refractivity contribution in [2.75, 3.05) is 0 Å². The van der Waals surface area contributed by atoms with Crippen LogP contribution in [0.3, 0.4) is 0 Å². The van der Waals surface area contributed by atoms with Gasteiger partial charge in [0, 0.05) is 11.6 Å².